The second-order valence-corrected chi connectivity index (χ2v) is 5.02. The number of rotatable bonds is 4. The smallest absolute Gasteiger partial charge is 0.227 e. The molecule has 0 saturated carbocycles. The van der Waals surface area contributed by atoms with Crippen molar-refractivity contribution in [3.63, 3.8) is 0 Å². The highest BCUT2D eigenvalue weighted by molar-refractivity contribution is 5.80. The summed E-state index contributed by atoms with van der Waals surface area (Å²) < 4.78 is 0. The molecule has 1 aromatic rings. The highest BCUT2D eigenvalue weighted by atomic mass is 16.2. The maximum Gasteiger partial charge on any atom is 0.227 e. The molecule has 3 heteroatoms. The van der Waals surface area contributed by atoms with Gasteiger partial charge in [-0.25, -0.2) is 0 Å². The topological polar surface area (TPSA) is 46.3 Å². The van der Waals surface area contributed by atoms with Gasteiger partial charge in [0.15, 0.2) is 0 Å². The van der Waals surface area contributed by atoms with E-state index >= 15 is 0 Å². The fourth-order valence-corrected chi connectivity index (χ4v) is 2.43. The normalized spacial score (nSPS) is 17.6. The molecule has 0 aliphatic carbocycles. The van der Waals surface area contributed by atoms with Gasteiger partial charge in [-0.1, -0.05) is 43.7 Å². The molecule has 0 atom stereocenters. The van der Waals surface area contributed by atoms with Crippen LogP contribution in [-0.2, 0) is 11.2 Å². The minimum Gasteiger partial charge on any atom is -0.339 e. The van der Waals surface area contributed by atoms with Gasteiger partial charge in [0, 0.05) is 13.1 Å². The number of nitrogens with two attached hydrogens (primary N) is 1. The Kier molecular flexibility index (Phi) is 3.48. The number of carbonyl (C=O) groups excluding carboxylic acids is 1. The lowest BCUT2D eigenvalue weighted by atomic mass is 9.86. The van der Waals surface area contributed by atoms with Crippen LogP contribution in [0.25, 0.3) is 0 Å². The fourth-order valence-electron chi connectivity index (χ4n) is 2.43. The Balaban J connectivity index is 1.84. The fraction of sp³-hybridized carbons (Fsp3) is 0.500. The highest BCUT2D eigenvalue weighted by Gasteiger charge is 2.40. The molecule has 17 heavy (non-hydrogen) atoms. The molecule has 0 spiro atoms. The molecule has 2 N–H and O–H groups in total. The molecule has 1 aliphatic heterocycles. The maximum absolute atomic E-state index is 12.0. The first-order chi connectivity index (χ1) is 8.13. The van der Waals surface area contributed by atoms with Gasteiger partial charge in [0.05, 0.1) is 12.0 Å². The van der Waals surface area contributed by atoms with Gasteiger partial charge < -0.3 is 10.6 Å². The van der Waals surface area contributed by atoms with Crippen molar-refractivity contribution in [2.75, 3.05) is 13.1 Å². The van der Waals surface area contributed by atoms with Crippen molar-refractivity contribution in [1.82, 2.24) is 4.90 Å². The Bertz CT molecular complexity index is 382. The molecular weight excluding hydrogens is 212 g/mol. The van der Waals surface area contributed by atoms with Crippen molar-refractivity contribution in [2.24, 2.45) is 5.73 Å². The summed E-state index contributed by atoms with van der Waals surface area (Å²) in [5.41, 5.74) is 7.09. The summed E-state index contributed by atoms with van der Waals surface area (Å²) in [4.78, 5) is 13.8. The minimum atomic E-state index is -0.124. The third-order valence-corrected chi connectivity index (χ3v) is 3.31. The molecule has 92 valence electrons. The van der Waals surface area contributed by atoms with Gasteiger partial charge in [-0.3, -0.25) is 4.79 Å². The van der Waals surface area contributed by atoms with E-state index < -0.39 is 0 Å². The van der Waals surface area contributed by atoms with Crippen molar-refractivity contribution in [3.05, 3.63) is 35.9 Å². The van der Waals surface area contributed by atoms with E-state index in [-0.39, 0.29) is 11.4 Å². The molecule has 1 aromatic carbocycles. The van der Waals surface area contributed by atoms with Crippen molar-refractivity contribution >= 4 is 5.91 Å². The van der Waals surface area contributed by atoms with E-state index in [0.29, 0.717) is 19.5 Å². The first-order valence-corrected chi connectivity index (χ1v) is 6.23. The standard InChI is InChI=1S/C14H20N2O/c1-2-8-14(15)10-16(11-14)13(17)9-12-6-4-3-5-7-12/h3-7H,2,8-11,15H2,1H3. The average Bonchev–Trinajstić information content (AvgIpc) is 2.27. The first kappa shape index (κ1) is 12.1. The van der Waals surface area contributed by atoms with Crippen LogP contribution in [0.3, 0.4) is 0 Å². The van der Waals surface area contributed by atoms with Crippen LogP contribution in [0.1, 0.15) is 25.3 Å². The van der Waals surface area contributed by atoms with Crippen LogP contribution in [0.15, 0.2) is 30.3 Å². The van der Waals surface area contributed by atoms with Crippen molar-refractivity contribution in [1.29, 1.82) is 0 Å². The Morgan fingerprint density at radius 3 is 2.59 bits per heavy atom. The molecule has 0 radical (unpaired) electrons. The molecular formula is C14H20N2O. The molecule has 1 saturated heterocycles. The molecule has 1 heterocycles. The average molecular weight is 232 g/mol. The van der Waals surface area contributed by atoms with Crippen LogP contribution in [0.5, 0.6) is 0 Å². The van der Waals surface area contributed by atoms with E-state index in [1.165, 1.54) is 0 Å². The summed E-state index contributed by atoms with van der Waals surface area (Å²) in [5, 5.41) is 0. The van der Waals surface area contributed by atoms with Crippen molar-refractivity contribution in [3.8, 4) is 0 Å². The summed E-state index contributed by atoms with van der Waals surface area (Å²) in [6, 6.07) is 9.86. The second kappa shape index (κ2) is 4.88. The van der Waals surface area contributed by atoms with E-state index in [1.807, 2.05) is 35.2 Å². The van der Waals surface area contributed by atoms with Gasteiger partial charge in [-0.15, -0.1) is 0 Å². The SMILES string of the molecule is CCCC1(N)CN(C(=O)Cc2ccccc2)C1. The summed E-state index contributed by atoms with van der Waals surface area (Å²) in [7, 11) is 0. The summed E-state index contributed by atoms with van der Waals surface area (Å²) in [6.45, 7) is 3.56. The molecule has 0 bridgehead atoms. The largest absolute Gasteiger partial charge is 0.339 e. The predicted molar refractivity (Wildman–Crippen MR) is 68.6 cm³/mol. The van der Waals surface area contributed by atoms with Gasteiger partial charge in [0.25, 0.3) is 0 Å². The molecule has 1 fully saturated rings. The van der Waals surface area contributed by atoms with Gasteiger partial charge in [0.1, 0.15) is 0 Å². The molecule has 1 aliphatic rings. The first-order valence-electron chi connectivity index (χ1n) is 6.23. The Morgan fingerprint density at radius 2 is 2.00 bits per heavy atom. The number of benzene rings is 1. The summed E-state index contributed by atoms with van der Waals surface area (Å²) in [6.07, 6.45) is 2.57. The lowest BCUT2D eigenvalue weighted by Gasteiger charge is -2.48. The zero-order chi connectivity index (χ0) is 12.3. The van der Waals surface area contributed by atoms with E-state index in [2.05, 4.69) is 6.92 Å². The summed E-state index contributed by atoms with van der Waals surface area (Å²) in [5.74, 6) is 0.188. The van der Waals surface area contributed by atoms with E-state index in [9.17, 15) is 4.79 Å². The van der Waals surface area contributed by atoms with E-state index in [0.717, 1.165) is 18.4 Å². The molecule has 3 nitrogen and oxygen atoms in total. The van der Waals surface area contributed by atoms with Gasteiger partial charge in [0.2, 0.25) is 5.91 Å². The van der Waals surface area contributed by atoms with Crippen LogP contribution in [0, 0.1) is 0 Å². The van der Waals surface area contributed by atoms with Crippen LogP contribution in [0.2, 0.25) is 0 Å². The Hall–Kier alpha value is -1.35. The minimum absolute atomic E-state index is 0.124. The predicted octanol–water partition coefficient (Wildman–Crippen LogP) is 1.57. The van der Waals surface area contributed by atoms with Crippen molar-refractivity contribution in [2.45, 2.75) is 31.7 Å². The second-order valence-electron chi connectivity index (χ2n) is 5.02. The van der Waals surface area contributed by atoms with Crippen LogP contribution >= 0.6 is 0 Å². The number of carbonyl (C=O) groups is 1. The zero-order valence-electron chi connectivity index (χ0n) is 10.4. The number of likely N-dealkylation sites (tertiary alicyclic amines) is 1. The van der Waals surface area contributed by atoms with Crippen LogP contribution in [-0.4, -0.2) is 29.4 Å². The highest BCUT2D eigenvalue weighted by Crippen LogP contribution is 2.23. The van der Waals surface area contributed by atoms with Gasteiger partial charge in [-0.05, 0) is 12.0 Å². The van der Waals surface area contributed by atoms with E-state index in [4.69, 9.17) is 5.73 Å². The Labute approximate surface area is 103 Å². The summed E-state index contributed by atoms with van der Waals surface area (Å²) >= 11 is 0. The van der Waals surface area contributed by atoms with Gasteiger partial charge >= 0.3 is 0 Å². The van der Waals surface area contributed by atoms with Crippen LogP contribution in [0.4, 0.5) is 0 Å². The van der Waals surface area contributed by atoms with E-state index in [1.54, 1.807) is 0 Å². The van der Waals surface area contributed by atoms with Gasteiger partial charge in [-0.2, -0.15) is 0 Å². The maximum atomic E-state index is 12.0. The van der Waals surface area contributed by atoms with Crippen molar-refractivity contribution < 1.29 is 4.79 Å². The third kappa shape index (κ3) is 2.86. The zero-order valence-corrected chi connectivity index (χ0v) is 10.4. The lowest BCUT2D eigenvalue weighted by Crippen LogP contribution is -2.68. The molecule has 1 amide bonds. The Morgan fingerprint density at radius 1 is 1.35 bits per heavy atom. The molecule has 0 aromatic heterocycles. The number of amides is 1. The quantitative estimate of drug-likeness (QED) is 0.856. The number of nitrogens with zero attached hydrogens (tertiary/aromatic N) is 1. The monoisotopic (exact) mass is 232 g/mol. The third-order valence-electron chi connectivity index (χ3n) is 3.31. The molecule has 0 unspecified atom stereocenters. The number of hydrogen-bond donors (Lipinski definition) is 1. The lowest BCUT2D eigenvalue weighted by molar-refractivity contribution is -0.138. The number of hydrogen-bond acceptors (Lipinski definition) is 2. The molecule has 2 rings (SSSR count). The van der Waals surface area contributed by atoms with Crippen LogP contribution < -0.4 is 5.73 Å².